The summed E-state index contributed by atoms with van der Waals surface area (Å²) in [5.41, 5.74) is 11.2. The first-order valence-corrected chi connectivity index (χ1v) is 16.7. The standard InChI is InChI=1S/C40H44N6O4/c1-28(42-27-37(47)34-17-18-38(41)43-26-34)19-31-7-5-8-32(20-31)22-39(48)44-23-29-13-15-30(16-14-29)24-45-40(49)46-25-33-9-6-12-36(21-33)50-35-10-3-2-4-11-35/h2-18,20-21,26,28,37,42,47H,19,22-25,27H2,1H3,(H2,41,43)(H,44,48)(H2,45,46,49)/t28-,37-/m1/s1. The lowest BCUT2D eigenvalue weighted by atomic mass is 10.0. The molecule has 7 N–H and O–H groups in total. The number of pyridine rings is 1. The van der Waals surface area contributed by atoms with Crippen molar-refractivity contribution >= 4 is 17.8 Å². The number of anilines is 1. The summed E-state index contributed by atoms with van der Waals surface area (Å²) in [6, 6.07) is 36.3. The number of carbonyl (C=O) groups excluding carboxylic acids is 2. The summed E-state index contributed by atoms with van der Waals surface area (Å²) >= 11 is 0. The van der Waals surface area contributed by atoms with Crippen LogP contribution in [0.2, 0.25) is 0 Å². The van der Waals surface area contributed by atoms with Crippen LogP contribution in [0.4, 0.5) is 10.6 Å². The summed E-state index contributed by atoms with van der Waals surface area (Å²) in [6.45, 7) is 3.61. The number of benzene rings is 4. The second kappa shape index (κ2) is 18.2. The lowest BCUT2D eigenvalue weighted by Crippen LogP contribution is -2.34. The minimum absolute atomic E-state index is 0.0619. The zero-order valence-corrected chi connectivity index (χ0v) is 28.1. The number of hydrogen-bond donors (Lipinski definition) is 6. The molecule has 0 saturated heterocycles. The summed E-state index contributed by atoms with van der Waals surface area (Å²) in [5, 5.41) is 22.6. The van der Waals surface area contributed by atoms with Crippen molar-refractivity contribution in [1.82, 2.24) is 26.3 Å². The number of ether oxygens (including phenoxy) is 1. The molecule has 0 saturated carbocycles. The van der Waals surface area contributed by atoms with Crippen LogP contribution in [-0.2, 0) is 37.3 Å². The van der Waals surface area contributed by atoms with Crippen LogP contribution in [0, 0.1) is 0 Å². The molecule has 5 rings (SSSR count). The third kappa shape index (κ3) is 11.8. The normalized spacial score (nSPS) is 12.0. The molecule has 0 radical (unpaired) electrons. The summed E-state index contributed by atoms with van der Waals surface area (Å²) < 4.78 is 5.88. The van der Waals surface area contributed by atoms with E-state index in [0.717, 1.165) is 40.0 Å². The molecule has 50 heavy (non-hydrogen) atoms. The first-order valence-electron chi connectivity index (χ1n) is 16.7. The van der Waals surface area contributed by atoms with E-state index in [4.69, 9.17) is 10.5 Å². The number of hydrogen-bond acceptors (Lipinski definition) is 7. The first-order chi connectivity index (χ1) is 24.3. The Labute approximate surface area is 293 Å². The van der Waals surface area contributed by atoms with Crippen LogP contribution in [-0.4, -0.2) is 34.6 Å². The van der Waals surface area contributed by atoms with Crippen molar-refractivity contribution in [2.75, 3.05) is 12.3 Å². The van der Waals surface area contributed by atoms with Gasteiger partial charge >= 0.3 is 6.03 Å². The van der Waals surface area contributed by atoms with Crippen molar-refractivity contribution in [1.29, 1.82) is 0 Å². The number of carbonyl (C=O) groups is 2. The van der Waals surface area contributed by atoms with Crippen molar-refractivity contribution in [2.24, 2.45) is 0 Å². The molecule has 10 nitrogen and oxygen atoms in total. The van der Waals surface area contributed by atoms with Gasteiger partial charge in [-0.15, -0.1) is 0 Å². The number of rotatable bonds is 16. The SMILES string of the molecule is C[C@H](Cc1cccc(CC(=O)NCc2ccc(CNC(=O)NCc3cccc(Oc4ccccc4)c3)cc2)c1)NC[C@@H](O)c1ccc(N)nc1. The van der Waals surface area contributed by atoms with Crippen LogP contribution in [0.1, 0.15) is 46.4 Å². The monoisotopic (exact) mass is 672 g/mol. The van der Waals surface area contributed by atoms with Crippen LogP contribution in [0.5, 0.6) is 11.5 Å². The van der Waals surface area contributed by atoms with E-state index in [-0.39, 0.29) is 24.4 Å². The van der Waals surface area contributed by atoms with Gasteiger partial charge in [-0.05, 0) is 71.5 Å². The lowest BCUT2D eigenvalue weighted by Gasteiger charge is -2.18. The predicted octanol–water partition coefficient (Wildman–Crippen LogP) is 5.57. The zero-order chi connectivity index (χ0) is 35.1. The van der Waals surface area contributed by atoms with Gasteiger partial charge < -0.3 is 36.8 Å². The molecule has 258 valence electrons. The Morgan fingerprint density at radius 3 is 2.08 bits per heavy atom. The van der Waals surface area contributed by atoms with Gasteiger partial charge in [-0.2, -0.15) is 0 Å². The fourth-order valence-corrected chi connectivity index (χ4v) is 5.33. The molecule has 10 heteroatoms. The van der Waals surface area contributed by atoms with Crippen molar-refractivity contribution in [2.45, 2.75) is 51.5 Å². The zero-order valence-electron chi connectivity index (χ0n) is 28.1. The highest BCUT2D eigenvalue weighted by Gasteiger charge is 2.12. The number of urea groups is 1. The number of aliphatic hydroxyl groups is 1. The van der Waals surface area contributed by atoms with Crippen LogP contribution >= 0.6 is 0 Å². The van der Waals surface area contributed by atoms with Gasteiger partial charge in [-0.25, -0.2) is 9.78 Å². The Bertz CT molecular complexity index is 1820. The Balaban J connectivity index is 0.986. The van der Waals surface area contributed by atoms with Crippen molar-refractivity contribution in [3.63, 3.8) is 0 Å². The Morgan fingerprint density at radius 2 is 1.36 bits per heavy atom. The number of aromatic nitrogens is 1. The Kier molecular flexibility index (Phi) is 12.9. The first kappa shape index (κ1) is 35.6. The maximum absolute atomic E-state index is 12.7. The quantitative estimate of drug-likeness (QED) is 0.0803. The molecule has 0 aliphatic rings. The van der Waals surface area contributed by atoms with E-state index < -0.39 is 6.10 Å². The predicted molar refractivity (Wildman–Crippen MR) is 195 cm³/mol. The molecule has 3 amide bonds. The number of nitrogens with one attached hydrogen (secondary N) is 4. The highest BCUT2D eigenvalue weighted by atomic mass is 16.5. The van der Waals surface area contributed by atoms with Gasteiger partial charge in [0, 0.05) is 44.0 Å². The maximum Gasteiger partial charge on any atom is 0.315 e. The molecule has 0 unspecified atom stereocenters. The second-order valence-electron chi connectivity index (χ2n) is 12.2. The smallest absolute Gasteiger partial charge is 0.315 e. The Hall–Kier alpha value is -5.71. The van der Waals surface area contributed by atoms with E-state index >= 15 is 0 Å². The largest absolute Gasteiger partial charge is 0.457 e. The van der Waals surface area contributed by atoms with E-state index in [1.807, 2.05) is 103 Å². The molecule has 2 atom stereocenters. The second-order valence-corrected chi connectivity index (χ2v) is 12.2. The number of para-hydroxylation sites is 1. The molecule has 4 aromatic carbocycles. The maximum atomic E-state index is 12.7. The number of nitrogens with zero attached hydrogens (tertiary/aromatic N) is 1. The highest BCUT2D eigenvalue weighted by molar-refractivity contribution is 5.78. The third-order valence-corrected chi connectivity index (χ3v) is 8.05. The fourth-order valence-electron chi connectivity index (χ4n) is 5.33. The molecule has 0 aliphatic carbocycles. The summed E-state index contributed by atoms with van der Waals surface area (Å²) in [6.07, 6.45) is 1.94. The van der Waals surface area contributed by atoms with Gasteiger partial charge in [-0.3, -0.25) is 4.79 Å². The fraction of sp³-hybridized carbons (Fsp3) is 0.225. The average Bonchev–Trinajstić information content (AvgIpc) is 3.13. The van der Waals surface area contributed by atoms with Gasteiger partial charge in [0.25, 0.3) is 0 Å². The number of aliphatic hydroxyl groups excluding tert-OH is 1. The molecular weight excluding hydrogens is 628 g/mol. The average molecular weight is 673 g/mol. The van der Waals surface area contributed by atoms with E-state index in [0.29, 0.717) is 43.3 Å². The van der Waals surface area contributed by atoms with Gasteiger partial charge in [0.1, 0.15) is 17.3 Å². The van der Waals surface area contributed by atoms with Crippen LogP contribution in [0.3, 0.4) is 0 Å². The van der Waals surface area contributed by atoms with Crippen molar-refractivity contribution in [3.8, 4) is 11.5 Å². The molecule has 1 aromatic heterocycles. The minimum atomic E-state index is -0.679. The van der Waals surface area contributed by atoms with Gasteiger partial charge in [0.15, 0.2) is 0 Å². The molecule has 5 aromatic rings. The number of nitrogen functional groups attached to an aromatic ring is 1. The molecule has 0 aliphatic heterocycles. The van der Waals surface area contributed by atoms with E-state index in [1.54, 1.807) is 18.3 Å². The van der Waals surface area contributed by atoms with E-state index in [2.05, 4.69) is 33.2 Å². The molecule has 0 bridgehead atoms. The van der Waals surface area contributed by atoms with Crippen LogP contribution < -0.4 is 31.7 Å². The Morgan fingerprint density at radius 1 is 0.720 bits per heavy atom. The van der Waals surface area contributed by atoms with Gasteiger partial charge in [0.05, 0.1) is 12.5 Å². The molecule has 0 fully saturated rings. The molecule has 1 heterocycles. The van der Waals surface area contributed by atoms with Crippen molar-refractivity contribution in [3.05, 3.63) is 155 Å². The molecular formula is C40H44N6O4. The van der Waals surface area contributed by atoms with E-state index in [9.17, 15) is 14.7 Å². The summed E-state index contributed by atoms with van der Waals surface area (Å²) in [4.78, 5) is 29.2. The molecule has 0 spiro atoms. The lowest BCUT2D eigenvalue weighted by molar-refractivity contribution is -0.120. The summed E-state index contributed by atoms with van der Waals surface area (Å²) in [5.74, 6) is 1.82. The van der Waals surface area contributed by atoms with E-state index in [1.165, 1.54) is 0 Å². The number of amides is 3. The topological polar surface area (TPSA) is 151 Å². The highest BCUT2D eigenvalue weighted by Crippen LogP contribution is 2.22. The van der Waals surface area contributed by atoms with Crippen LogP contribution in [0.15, 0.2) is 121 Å². The minimum Gasteiger partial charge on any atom is -0.457 e. The summed E-state index contributed by atoms with van der Waals surface area (Å²) in [7, 11) is 0. The number of nitrogens with two attached hydrogens (primary N) is 1. The third-order valence-electron chi connectivity index (χ3n) is 8.05. The van der Waals surface area contributed by atoms with Gasteiger partial charge in [-0.1, -0.05) is 84.9 Å². The van der Waals surface area contributed by atoms with Crippen molar-refractivity contribution < 1.29 is 19.4 Å². The van der Waals surface area contributed by atoms with Crippen LogP contribution in [0.25, 0.3) is 0 Å². The van der Waals surface area contributed by atoms with Gasteiger partial charge in [0.2, 0.25) is 5.91 Å².